The van der Waals surface area contributed by atoms with Crippen LogP contribution in [0, 0.1) is 0 Å². The molecule has 2 heterocycles. The van der Waals surface area contributed by atoms with E-state index in [9.17, 15) is 19.2 Å². The number of hydrogen-bond donors (Lipinski definition) is 1. The lowest BCUT2D eigenvalue weighted by molar-refractivity contribution is -0.145. The molecule has 0 radical (unpaired) electrons. The summed E-state index contributed by atoms with van der Waals surface area (Å²) in [5, 5.41) is 2.77. The predicted molar refractivity (Wildman–Crippen MR) is 213 cm³/mol. The van der Waals surface area contributed by atoms with Gasteiger partial charge in [-0.25, -0.2) is 0 Å². The van der Waals surface area contributed by atoms with Gasteiger partial charge >= 0.3 is 0 Å². The number of carbonyl (C=O) groups excluding carboxylic acids is 4. The van der Waals surface area contributed by atoms with E-state index in [2.05, 4.69) is 51.5 Å². The molecule has 2 fully saturated rings. The third-order valence-electron chi connectivity index (χ3n) is 10.2. The SMILES string of the molecule is CC(=O)Nc1ccc(C=CC(=O)N(Cc2ccc(N3CCN(C(C)=O)CC3)cc2)C(Cc2ccccc2)C(=O)N2CCN(Cc3ccccc3)CC2)cc1. The molecule has 4 aromatic carbocycles. The zero-order valence-electron chi connectivity index (χ0n) is 31.3. The molecule has 1 atom stereocenters. The van der Waals surface area contributed by atoms with Gasteiger partial charge in [0.2, 0.25) is 23.6 Å². The number of nitrogens with one attached hydrogen (secondary N) is 1. The van der Waals surface area contributed by atoms with Crippen molar-refractivity contribution in [2.45, 2.75) is 39.4 Å². The lowest BCUT2D eigenvalue weighted by Gasteiger charge is -2.39. The summed E-state index contributed by atoms with van der Waals surface area (Å²) in [4.78, 5) is 62.5. The van der Waals surface area contributed by atoms with Crippen LogP contribution in [-0.2, 0) is 38.7 Å². The monoisotopic (exact) mass is 726 g/mol. The van der Waals surface area contributed by atoms with Crippen molar-refractivity contribution in [3.63, 3.8) is 0 Å². The van der Waals surface area contributed by atoms with Crippen LogP contribution in [0.1, 0.15) is 36.1 Å². The minimum absolute atomic E-state index is 0.0559. The summed E-state index contributed by atoms with van der Waals surface area (Å²) in [7, 11) is 0. The summed E-state index contributed by atoms with van der Waals surface area (Å²) in [6.07, 6.45) is 3.68. The Morgan fingerprint density at radius 2 is 1.26 bits per heavy atom. The molecule has 2 saturated heterocycles. The first-order valence-electron chi connectivity index (χ1n) is 18.8. The number of nitrogens with zero attached hydrogens (tertiary/aromatic N) is 5. The minimum atomic E-state index is -0.730. The smallest absolute Gasteiger partial charge is 0.247 e. The van der Waals surface area contributed by atoms with Gasteiger partial charge in [0.05, 0.1) is 0 Å². The molecule has 0 bridgehead atoms. The number of carbonyl (C=O) groups is 4. The predicted octanol–water partition coefficient (Wildman–Crippen LogP) is 5.31. The molecule has 2 aliphatic heterocycles. The fourth-order valence-electron chi connectivity index (χ4n) is 7.12. The molecule has 54 heavy (non-hydrogen) atoms. The second-order valence-electron chi connectivity index (χ2n) is 14.1. The van der Waals surface area contributed by atoms with Crippen LogP contribution < -0.4 is 10.2 Å². The number of anilines is 2. The van der Waals surface area contributed by atoms with E-state index in [1.54, 1.807) is 36.1 Å². The second-order valence-corrected chi connectivity index (χ2v) is 14.1. The van der Waals surface area contributed by atoms with Gasteiger partial charge in [0.25, 0.3) is 0 Å². The van der Waals surface area contributed by atoms with Gasteiger partial charge < -0.3 is 24.9 Å². The molecule has 0 spiro atoms. The van der Waals surface area contributed by atoms with Crippen LogP contribution in [0.5, 0.6) is 0 Å². The summed E-state index contributed by atoms with van der Waals surface area (Å²) in [6.45, 7) is 9.71. The molecule has 2 aliphatic rings. The summed E-state index contributed by atoms with van der Waals surface area (Å²) in [5.74, 6) is -0.374. The van der Waals surface area contributed by atoms with Crippen molar-refractivity contribution in [1.82, 2.24) is 19.6 Å². The number of piperazine rings is 2. The van der Waals surface area contributed by atoms with E-state index in [4.69, 9.17) is 0 Å². The van der Waals surface area contributed by atoms with Crippen LogP contribution in [0.25, 0.3) is 6.08 Å². The van der Waals surface area contributed by atoms with E-state index in [-0.39, 0.29) is 30.2 Å². The van der Waals surface area contributed by atoms with Gasteiger partial charge in [-0.05, 0) is 52.6 Å². The molecule has 0 aliphatic carbocycles. The van der Waals surface area contributed by atoms with Crippen molar-refractivity contribution < 1.29 is 19.2 Å². The van der Waals surface area contributed by atoms with Gasteiger partial charge in [-0.2, -0.15) is 0 Å². The van der Waals surface area contributed by atoms with Crippen LogP contribution in [0.4, 0.5) is 11.4 Å². The minimum Gasteiger partial charge on any atom is -0.368 e. The topological polar surface area (TPSA) is 96.5 Å². The molecule has 6 rings (SSSR count). The van der Waals surface area contributed by atoms with Crippen LogP contribution in [0.15, 0.2) is 115 Å². The maximum Gasteiger partial charge on any atom is 0.247 e. The van der Waals surface area contributed by atoms with E-state index >= 15 is 0 Å². The molecule has 10 heteroatoms. The van der Waals surface area contributed by atoms with Gasteiger partial charge in [-0.1, -0.05) is 84.9 Å². The van der Waals surface area contributed by atoms with E-state index < -0.39 is 6.04 Å². The van der Waals surface area contributed by atoms with E-state index in [0.717, 1.165) is 55.1 Å². The Hall–Kier alpha value is -5.74. The average molecular weight is 727 g/mol. The molecule has 280 valence electrons. The fraction of sp³-hybridized carbons (Fsp3) is 0.318. The largest absolute Gasteiger partial charge is 0.368 e. The molecule has 0 aromatic heterocycles. The first kappa shape index (κ1) is 38.0. The zero-order chi connectivity index (χ0) is 37.9. The van der Waals surface area contributed by atoms with Crippen molar-refractivity contribution in [3.8, 4) is 0 Å². The molecule has 1 N–H and O–H groups in total. The lowest BCUT2D eigenvalue weighted by Crippen LogP contribution is -2.56. The molecular weight excluding hydrogens is 677 g/mol. The summed E-state index contributed by atoms with van der Waals surface area (Å²) < 4.78 is 0. The number of benzene rings is 4. The summed E-state index contributed by atoms with van der Waals surface area (Å²) in [5.41, 5.74) is 5.68. The second kappa shape index (κ2) is 18.3. The average Bonchev–Trinajstić information content (AvgIpc) is 3.20. The summed E-state index contributed by atoms with van der Waals surface area (Å²) >= 11 is 0. The van der Waals surface area contributed by atoms with Gasteiger partial charge in [0, 0.05) is 103 Å². The number of amides is 4. The lowest BCUT2D eigenvalue weighted by atomic mass is 10.0. The van der Waals surface area contributed by atoms with Gasteiger partial charge in [-0.3, -0.25) is 24.1 Å². The third kappa shape index (κ3) is 10.4. The highest BCUT2D eigenvalue weighted by Gasteiger charge is 2.34. The Morgan fingerprint density at radius 1 is 0.667 bits per heavy atom. The van der Waals surface area contributed by atoms with Crippen molar-refractivity contribution in [2.24, 2.45) is 0 Å². The highest BCUT2D eigenvalue weighted by atomic mass is 16.2. The third-order valence-corrected chi connectivity index (χ3v) is 10.2. The number of hydrogen-bond acceptors (Lipinski definition) is 6. The molecule has 4 aromatic rings. The molecule has 0 saturated carbocycles. The molecule has 1 unspecified atom stereocenters. The highest BCUT2D eigenvalue weighted by molar-refractivity contribution is 5.96. The molecule has 4 amide bonds. The molecule has 10 nitrogen and oxygen atoms in total. The Balaban J connectivity index is 1.24. The van der Waals surface area contributed by atoms with Crippen molar-refractivity contribution in [3.05, 3.63) is 138 Å². The van der Waals surface area contributed by atoms with Crippen LogP contribution in [0.2, 0.25) is 0 Å². The zero-order valence-corrected chi connectivity index (χ0v) is 31.3. The van der Waals surface area contributed by atoms with E-state index in [0.29, 0.717) is 38.3 Å². The number of rotatable bonds is 12. The Kier molecular flexibility index (Phi) is 12.9. The maximum absolute atomic E-state index is 14.7. The van der Waals surface area contributed by atoms with Crippen molar-refractivity contribution in [2.75, 3.05) is 62.6 Å². The van der Waals surface area contributed by atoms with Gasteiger partial charge in [0.15, 0.2) is 0 Å². The Labute approximate surface area is 318 Å². The van der Waals surface area contributed by atoms with Crippen LogP contribution in [0.3, 0.4) is 0 Å². The van der Waals surface area contributed by atoms with Crippen molar-refractivity contribution in [1.29, 1.82) is 0 Å². The van der Waals surface area contributed by atoms with E-state index in [1.807, 2.05) is 70.5 Å². The first-order valence-corrected chi connectivity index (χ1v) is 18.8. The van der Waals surface area contributed by atoms with Crippen molar-refractivity contribution >= 4 is 41.1 Å². The Bertz CT molecular complexity index is 1880. The quantitative estimate of drug-likeness (QED) is 0.199. The molecular formula is C44H50N6O4. The van der Waals surface area contributed by atoms with Crippen LogP contribution in [-0.4, -0.2) is 102 Å². The maximum atomic E-state index is 14.7. The van der Waals surface area contributed by atoms with E-state index in [1.165, 1.54) is 12.5 Å². The first-order chi connectivity index (χ1) is 26.2. The summed E-state index contributed by atoms with van der Waals surface area (Å²) in [6, 6.07) is 35.0. The normalized spacial score (nSPS) is 15.6. The van der Waals surface area contributed by atoms with Gasteiger partial charge in [-0.15, -0.1) is 0 Å². The fourth-order valence-corrected chi connectivity index (χ4v) is 7.12. The standard InChI is InChI=1S/C44H50N6O4/c1-34(51)45-40-18-13-36(14-19-40)17-22-43(53)50(33-39-15-20-41(21-16-39)48-29-27-47(28-30-48)35(2)52)42(31-37-9-5-3-6-10-37)44(54)49-25-23-46(24-26-49)32-38-11-7-4-8-12-38/h3-22,42H,23-33H2,1-2H3,(H,45,51). The highest BCUT2D eigenvalue weighted by Crippen LogP contribution is 2.22. The Morgan fingerprint density at radius 3 is 1.85 bits per heavy atom. The van der Waals surface area contributed by atoms with Crippen LogP contribution >= 0.6 is 0 Å². The van der Waals surface area contributed by atoms with Gasteiger partial charge in [0.1, 0.15) is 6.04 Å².